The normalized spacial score (nSPS) is 17.5. The molecule has 2 heterocycles. The number of fused-ring (bicyclic) bond motifs is 1. The maximum atomic E-state index is 6.54. The Labute approximate surface area is 192 Å². The van der Waals surface area contributed by atoms with Crippen LogP contribution in [-0.4, -0.2) is 12.1 Å². The Hall–Kier alpha value is -3.02. The van der Waals surface area contributed by atoms with Gasteiger partial charge in [0.1, 0.15) is 11.2 Å². The van der Waals surface area contributed by atoms with Gasteiger partial charge in [-0.15, -0.1) is 0 Å². The summed E-state index contributed by atoms with van der Waals surface area (Å²) >= 11 is 11.9. The van der Waals surface area contributed by atoms with Crippen LogP contribution in [0.1, 0.15) is 22.9 Å². The number of aryl methyl sites for hydroxylation is 1. The SMILES string of the molecule is COc1cccc2c1OC1=C(C2)C(=S)N[C@@H](c2ccc(Cl)cc2)N1c1cccc(C)c1. The van der Waals surface area contributed by atoms with E-state index in [1.165, 1.54) is 0 Å². The molecule has 3 aromatic carbocycles. The zero-order valence-corrected chi connectivity index (χ0v) is 18.8. The standard InChI is InChI=1S/C25H21ClN2O2S/c1-15-5-3-7-19(13-15)28-23(16-9-11-18(26)12-10-16)27-24(31)20-14-17-6-4-8-21(29-2)22(17)30-25(20)28/h3-13,23H,14H2,1-2H3,(H,27,31)/t23-/m1/s1. The highest BCUT2D eigenvalue weighted by molar-refractivity contribution is 7.80. The van der Waals surface area contributed by atoms with Crippen LogP contribution in [-0.2, 0) is 6.42 Å². The second-order valence-corrected chi connectivity index (χ2v) is 8.49. The summed E-state index contributed by atoms with van der Waals surface area (Å²) in [4.78, 5) is 2.85. The minimum absolute atomic E-state index is 0.235. The molecule has 6 heteroatoms. The zero-order chi connectivity index (χ0) is 21.5. The molecule has 0 fully saturated rings. The van der Waals surface area contributed by atoms with Crippen LogP contribution >= 0.6 is 23.8 Å². The summed E-state index contributed by atoms with van der Waals surface area (Å²) in [5.41, 5.74) is 5.23. The van der Waals surface area contributed by atoms with Gasteiger partial charge in [-0.2, -0.15) is 0 Å². The molecule has 0 radical (unpaired) electrons. The number of methoxy groups -OCH3 is 1. The molecule has 0 saturated heterocycles. The molecule has 3 aromatic rings. The van der Waals surface area contributed by atoms with Gasteiger partial charge in [0.2, 0.25) is 5.88 Å². The topological polar surface area (TPSA) is 33.7 Å². The summed E-state index contributed by atoms with van der Waals surface area (Å²) in [7, 11) is 1.66. The molecular weight excluding hydrogens is 428 g/mol. The van der Waals surface area contributed by atoms with Gasteiger partial charge in [0.05, 0.1) is 12.7 Å². The van der Waals surface area contributed by atoms with Crippen LogP contribution in [0.4, 0.5) is 5.69 Å². The van der Waals surface area contributed by atoms with Crippen molar-refractivity contribution in [2.24, 2.45) is 0 Å². The van der Waals surface area contributed by atoms with Crippen molar-refractivity contribution in [3.05, 3.63) is 99.9 Å². The first kappa shape index (κ1) is 19.9. The summed E-state index contributed by atoms with van der Waals surface area (Å²) in [5.74, 6) is 2.17. The number of hydrogen-bond acceptors (Lipinski definition) is 4. The predicted octanol–water partition coefficient (Wildman–Crippen LogP) is 5.94. The minimum Gasteiger partial charge on any atom is -0.493 e. The summed E-state index contributed by atoms with van der Waals surface area (Å²) in [6.45, 7) is 2.08. The van der Waals surface area contributed by atoms with Gasteiger partial charge in [-0.1, -0.05) is 60.2 Å². The first-order valence-electron chi connectivity index (χ1n) is 10.0. The molecule has 31 heavy (non-hydrogen) atoms. The molecule has 0 amide bonds. The number of nitrogens with zero attached hydrogens (tertiary/aromatic N) is 1. The number of benzene rings is 3. The largest absolute Gasteiger partial charge is 0.493 e. The number of nitrogens with one attached hydrogen (secondary N) is 1. The van der Waals surface area contributed by atoms with Crippen molar-refractivity contribution in [1.82, 2.24) is 5.32 Å². The lowest BCUT2D eigenvalue weighted by molar-refractivity contribution is 0.327. The van der Waals surface area contributed by atoms with Crippen molar-refractivity contribution in [2.45, 2.75) is 19.5 Å². The first-order chi connectivity index (χ1) is 15.0. The van der Waals surface area contributed by atoms with Gasteiger partial charge in [0.15, 0.2) is 11.5 Å². The number of thiocarbonyl (C=S) groups is 1. The third kappa shape index (κ3) is 3.54. The Morgan fingerprint density at radius 1 is 1.10 bits per heavy atom. The Balaban J connectivity index is 1.68. The summed E-state index contributed by atoms with van der Waals surface area (Å²) < 4.78 is 12.1. The molecule has 0 aromatic heterocycles. The molecule has 2 aliphatic heterocycles. The van der Waals surface area contributed by atoms with E-state index in [1.54, 1.807) is 7.11 Å². The molecule has 0 unspecified atom stereocenters. The summed E-state index contributed by atoms with van der Waals surface area (Å²) in [5, 5.41) is 4.22. The summed E-state index contributed by atoms with van der Waals surface area (Å²) in [6.07, 6.45) is 0.435. The molecule has 156 valence electrons. The van der Waals surface area contributed by atoms with Gasteiger partial charge < -0.3 is 14.8 Å². The molecule has 0 bridgehead atoms. The molecule has 2 aliphatic rings. The van der Waals surface area contributed by atoms with Crippen molar-refractivity contribution in [3.63, 3.8) is 0 Å². The highest BCUT2D eigenvalue weighted by Crippen LogP contribution is 2.44. The Morgan fingerprint density at radius 3 is 2.61 bits per heavy atom. The molecule has 1 N–H and O–H groups in total. The second kappa shape index (κ2) is 7.91. The smallest absolute Gasteiger partial charge is 0.209 e. The highest BCUT2D eigenvalue weighted by atomic mass is 35.5. The van der Waals surface area contributed by atoms with Crippen LogP contribution in [0.3, 0.4) is 0 Å². The third-order valence-corrected chi connectivity index (χ3v) is 6.21. The van der Waals surface area contributed by atoms with Gasteiger partial charge >= 0.3 is 0 Å². The van der Waals surface area contributed by atoms with Crippen LogP contribution in [0.5, 0.6) is 11.5 Å². The van der Waals surface area contributed by atoms with Gasteiger partial charge in [-0.05, 0) is 48.4 Å². The number of halogens is 1. The van der Waals surface area contributed by atoms with Crippen LogP contribution < -0.4 is 19.7 Å². The van der Waals surface area contributed by atoms with E-state index in [4.69, 9.17) is 33.3 Å². The number of para-hydroxylation sites is 1. The average Bonchev–Trinajstić information content (AvgIpc) is 2.78. The first-order valence-corrected chi connectivity index (χ1v) is 10.8. The maximum Gasteiger partial charge on any atom is 0.209 e. The second-order valence-electron chi connectivity index (χ2n) is 7.65. The molecule has 1 atom stereocenters. The lowest BCUT2D eigenvalue weighted by Crippen LogP contribution is -2.49. The van der Waals surface area contributed by atoms with E-state index in [0.29, 0.717) is 22.2 Å². The predicted molar refractivity (Wildman–Crippen MR) is 128 cm³/mol. The van der Waals surface area contributed by atoms with Crippen molar-refractivity contribution >= 4 is 34.5 Å². The van der Waals surface area contributed by atoms with E-state index in [-0.39, 0.29) is 6.17 Å². The van der Waals surface area contributed by atoms with E-state index in [1.807, 2.05) is 48.5 Å². The van der Waals surface area contributed by atoms with Crippen molar-refractivity contribution in [1.29, 1.82) is 0 Å². The van der Waals surface area contributed by atoms with Gasteiger partial charge in [0, 0.05) is 22.7 Å². The Bertz CT molecular complexity index is 1210. The van der Waals surface area contributed by atoms with E-state index >= 15 is 0 Å². The van der Waals surface area contributed by atoms with E-state index < -0.39 is 0 Å². The number of anilines is 1. The van der Waals surface area contributed by atoms with Crippen LogP contribution in [0.15, 0.2) is 78.2 Å². The van der Waals surface area contributed by atoms with Gasteiger partial charge in [0.25, 0.3) is 0 Å². The van der Waals surface area contributed by atoms with Crippen LogP contribution in [0, 0.1) is 6.92 Å². The maximum absolute atomic E-state index is 6.54. The third-order valence-electron chi connectivity index (χ3n) is 5.59. The quantitative estimate of drug-likeness (QED) is 0.501. The minimum atomic E-state index is -0.235. The van der Waals surface area contributed by atoms with Crippen molar-refractivity contribution < 1.29 is 9.47 Å². The number of ether oxygens (including phenoxy) is 2. The molecule has 0 saturated carbocycles. The summed E-state index contributed by atoms with van der Waals surface area (Å²) in [6, 6.07) is 22.1. The van der Waals surface area contributed by atoms with E-state index in [2.05, 4.69) is 35.3 Å². The fraction of sp³-hybridized carbons (Fsp3) is 0.160. The highest BCUT2D eigenvalue weighted by Gasteiger charge is 2.38. The van der Waals surface area contributed by atoms with Gasteiger partial charge in [-0.25, -0.2) is 0 Å². The lowest BCUT2D eigenvalue weighted by atomic mass is 9.97. The Kier molecular flexibility index (Phi) is 5.08. The fourth-order valence-electron chi connectivity index (χ4n) is 4.09. The zero-order valence-electron chi connectivity index (χ0n) is 17.2. The fourth-order valence-corrected chi connectivity index (χ4v) is 4.49. The monoisotopic (exact) mass is 448 g/mol. The van der Waals surface area contributed by atoms with Crippen molar-refractivity contribution in [2.75, 3.05) is 12.0 Å². The average molecular weight is 449 g/mol. The molecule has 0 spiro atoms. The van der Waals surface area contributed by atoms with Crippen molar-refractivity contribution in [3.8, 4) is 11.5 Å². The number of rotatable bonds is 3. The molecule has 5 rings (SSSR count). The molecular formula is C25H21ClN2O2S. The Morgan fingerprint density at radius 2 is 1.87 bits per heavy atom. The lowest BCUT2D eigenvalue weighted by Gasteiger charge is -2.43. The number of hydrogen-bond donors (Lipinski definition) is 1. The van der Waals surface area contributed by atoms with E-state index in [9.17, 15) is 0 Å². The molecule has 4 nitrogen and oxygen atoms in total. The van der Waals surface area contributed by atoms with Crippen LogP contribution in [0.2, 0.25) is 5.02 Å². The van der Waals surface area contributed by atoms with E-state index in [0.717, 1.165) is 39.6 Å². The van der Waals surface area contributed by atoms with Crippen LogP contribution in [0.25, 0.3) is 0 Å². The van der Waals surface area contributed by atoms with Gasteiger partial charge in [-0.3, -0.25) is 4.90 Å². The molecule has 0 aliphatic carbocycles.